The van der Waals surface area contributed by atoms with Crippen LogP contribution in [0.3, 0.4) is 0 Å². The van der Waals surface area contributed by atoms with Crippen molar-refractivity contribution in [3.05, 3.63) is 0 Å². The van der Waals surface area contributed by atoms with Gasteiger partial charge in [-0.2, -0.15) is 0 Å². The van der Waals surface area contributed by atoms with Crippen LogP contribution in [0, 0.1) is 5.41 Å². The maximum absolute atomic E-state index is 12.1. The number of carbonyl (C=O) groups excluding carboxylic acids is 1. The first-order valence-electron chi connectivity index (χ1n) is 6.37. The summed E-state index contributed by atoms with van der Waals surface area (Å²) in [6.45, 7) is 14.4. The van der Waals surface area contributed by atoms with Crippen LogP contribution in [0.2, 0.25) is 0 Å². The minimum atomic E-state index is -0.440. The lowest BCUT2D eigenvalue weighted by Crippen LogP contribution is -2.49. The quantitative estimate of drug-likeness (QED) is 0.757. The summed E-state index contributed by atoms with van der Waals surface area (Å²) in [5.74, 6) is -0.108. The summed E-state index contributed by atoms with van der Waals surface area (Å²) in [5.41, 5.74) is -0.845. The van der Waals surface area contributed by atoms with Gasteiger partial charge in [0.2, 0.25) is 0 Å². The van der Waals surface area contributed by atoms with Crippen LogP contribution in [0.5, 0.6) is 0 Å². The summed E-state index contributed by atoms with van der Waals surface area (Å²) in [6, 6.07) is 0. The molecule has 0 bridgehead atoms. The standard InChI is InChI=1S/C13H26N2O2/c1-12(2,3)17-11(16)13(4,5)10-15-8-6-14-7-9-15/h14H,6-10H2,1-5H3. The third kappa shape index (κ3) is 5.04. The monoisotopic (exact) mass is 242 g/mol. The van der Waals surface area contributed by atoms with Crippen molar-refractivity contribution in [2.75, 3.05) is 32.7 Å². The third-order valence-corrected chi connectivity index (χ3v) is 2.78. The molecule has 1 heterocycles. The fourth-order valence-corrected chi connectivity index (χ4v) is 1.91. The molecule has 0 saturated carbocycles. The molecule has 1 aliphatic heterocycles. The zero-order valence-electron chi connectivity index (χ0n) is 11.8. The molecule has 1 fully saturated rings. The van der Waals surface area contributed by atoms with Gasteiger partial charge >= 0.3 is 5.97 Å². The predicted molar refractivity (Wildman–Crippen MR) is 68.9 cm³/mol. The Balaban J connectivity index is 2.51. The van der Waals surface area contributed by atoms with Crippen LogP contribution in [0.4, 0.5) is 0 Å². The minimum Gasteiger partial charge on any atom is -0.460 e. The summed E-state index contributed by atoms with van der Waals surface area (Å²) in [5, 5.41) is 3.31. The Bertz CT molecular complexity index is 263. The first-order valence-corrected chi connectivity index (χ1v) is 6.37. The van der Waals surface area contributed by atoms with Gasteiger partial charge in [0.15, 0.2) is 0 Å². The van der Waals surface area contributed by atoms with Crippen LogP contribution < -0.4 is 5.32 Å². The topological polar surface area (TPSA) is 41.6 Å². The minimum absolute atomic E-state index is 0.108. The number of nitrogens with one attached hydrogen (secondary N) is 1. The Labute approximate surface area is 105 Å². The highest BCUT2D eigenvalue weighted by Crippen LogP contribution is 2.23. The van der Waals surface area contributed by atoms with Crippen molar-refractivity contribution in [3.8, 4) is 0 Å². The van der Waals surface area contributed by atoms with Gasteiger partial charge in [0, 0.05) is 32.7 Å². The summed E-state index contributed by atoms with van der Waals surface area (Å²) < 4.78 is 5.46. The van der Waals surface area contributed by atoms with Gasteiger partial charge in [0.25, 0.3) is 0 Å². The van der Waals surface area contributed by atoms with E-state index < -0.39 is 11.0 Å². The number of rotatable bonds is 3. The highest BCUT2D eigenvalue weighted by atomic mass is 16.6. The summed E-state index contributed by atoms with van der Waals surface area (Å²) in [4.78, 5) is 14.4. The van der Waals surface area contributed by atoms with Gasteiger partial charge in [-0.15, -0.1) is 0 Å². The molecule has 17 heavy (non-hydrogen) atoms. The number of hydrogen-bond acceptors (Lipinski definition) is 4. The Kier molecular flexibility index (Phi) is 4.55. The molecule has 0 aromatic carbocycles. The van der Waals surface area contributed by atoms with E-state index in [1.165, 1.54) is 0 Å². The van der Waals surface area contributed by atoms with Gasteiger partial charge in [0.1, 0.15) is 5.60 Å². The molecule has 4 nitrogen and oxygen atoms in total. The first kappa shape index (κ1) is 14.5. The third-order valence-electron chi connectivity index (χ3n) is 2.78. The van der Waals surface area contributed by atoms with E-state index in [1.807, 2.05) is 34.6 Å². The van der Waals surface area contributed by atoms with Gasteiger partial charge in [-0.1, -0.05) is 0 Å². The van der Waals surface area contributed by atoms with Crippen molar-refractivity contribution >= 4 is 5.97 Å². The van der Waals surface area contributed by atoms with Crippen molar-refractivity contribution in [1.29, 1.82) is 0 Å². The smallest absolute Gasteiger partial charge is 0.313 e. The second-order valence-electron chi connectivity index (χ2n) is 6.41. The van der Waals surface area contributed by atoms with Crippen molar-refractivity contribution in [2.24, 2.45) is 5.41 Å². The molecule has 0 radical (unpaired) electrons. The van der Waals surface area contributed by atoms with Gasteiger partial charge in [-0.05, 0) is 34.6 Å². The van der Waals surface area contributed by atoms with E-state index in [0.717, 1.165) is 32.7 Å². The molecular formula is C13H26N2O2. The van der Waals surface area contributed by atoms with Crippen LogP contribution in [0.1, 0.15) is 34.6 Å². The van der Waals surface area contributed by atoms with E-state index in [-0.39, 0.29) is 5.97 Å². The Morgan fingerprint density at radius 2 is 1.71 bits per heavy atom. The zero-order valence-corrected chi connectivity index (χ0v) is 11.8. The molecule has 1 N–H and O–H groups in total. The second kappa shape index (κ2) is 5.36. The van der Waals surface area contributed by atoms with Crippen LogP contribution in [0.15, 0.2) is 0 Å². The maximum Gasteiger partial charge on any atom is 0.313 e. The number of carbonyl (C=O) groups is 1. The lowest BCUT2D eigenvalue weighted by molar-refractivity contribution is -0.166. The van der Waals surface area contributed by atoms with Crippen LogP contribution in [-0.2, 0) is 9.53 Å². The van der Waals surface area contributed by atoms with Gasteiger partial charge < -0.3 is 10.1 Å². The fraction of sp³-hybridized carbons (Fsp3) is 0.923. The lowest BCUT2D eigenvalue weighted by Gasteiger charge is -2.35. The SMILES string of the molecule is CC(C)(C)OC(=O)C(C)(C)CN1CCNCC1. The van der Waals surface area contributed by atoms with Crippen LogP contribution in [-0.4, -0.2) is 49.2 Å². The molecule has 4 heteroatoms. The highest BCUT2D eigenvalue weighted by Gasteiger charge is 2.34. The molecule has 0 aromatic rings. The second-order valence-corrected chi connectivity index (χ2v) is 6.41. The molecule has 0 spiro atoms. The highest BCUT2D eigenvalue weighted by molar-refractivity contribution is 5.76. The van der Waals surface area contributed by atoms with Gasteiger partial charge in [-0.3, -0.25) is 9.69 Å². The number of piperazine rings is 1. The molecule has 0 unspecified atom stereocenters. The number of ether oxygens (including phenoxy) is 1. The molecule has 0 amide bonds. The largest absolute Gasteiger partial charge is 0.460 e. The number of esters is 1. The van der Waals surface area contributed by atoms with Crippen molar-refractivity contribution in [2.45, 2.75) is 40.2 Å². The van der Waals surface area contributed by atoms with Crippen molar-refractivity contribution < 1.29 is 9.53 Å². The van der Waals surface area contributed by atoms with E-state index >= 15 is 0 Å². The van der Waals surface area contributed by atoms with Crippen LogP contribution >= 0.6 is 0 Å². The van der Waals surface area contributed by atoms with E-state index in [0.29, 0.717) is 0 Å². The zero-order chi connectivity index (χ0) is 13.1. The molecule has 0 aromatic heterocycles. The van der Waals surface area contributed by atoms with Gasteiger partial charge in [-0.25, -0.2) is 0 Å². The molecule has 1 aliphatic rings. The van der Waals surface area contributed by atoms with Gasteiger partial charge in [0.05, 0.1) is 5.41 Å². The van der Waals surface area contributed by atoms with Crippen molar-refractivity contribution in [3.63, 3.8) is 0 Å². The summed E-state index contributed by atoms with van der Waals surface area (Å²) in [7, 11) is 0. The number of nitrogens with zero attached hydrogens (tertiary/aromatic N) is 1. The summed E-state index contributed by atoms with van der Waals surface area (Å²) >= 11 is 0. The summed E-state index contributed by atoms with van der Waals surface area (Å²) in [6.07, 6.45) is 0. The Morgan fingerprint density at radius 3 is 2.18 bits per heavy atom. The first-order chi connectivity index (χ1) is 7.71. The van der Waals surface area contributed by atoms with Crippen LogP contribution in [0.25, 0.3) is 0 Å². The average Bonchev–Trinajstić information content (AvgIpc) is 2.15. The van der Waals surface area contributed by atoms with E-state index in [9.17, 15) is 4.79 Å². The maximum atomic E-state index is 12.1. The van der Waals surface area contributed by atoms with E-state index in [1.54, 1.807) is 0 Å². The molecular weight excluding hydrogens is 216 g/mol. The van der Waals surface area contributed by atoms with Crippen molar-refractivity contribution in [1.82, 2.24) is 10.2 Å². The van der Waals surface area contributed by atoms with E-state index in [2.05, 4.69) is 10.2 Å². The lowest BCUT2D eigenvalue weighted by atomic mass is 9.92. The number of hydrogen-bond donors (Lipinski definition) is 1. The molecule has 1 rings (SSSR count). The molecule has 0 atom stereocenters. The fourth-order valence-electron chi connectivity index (χ4n) is 1.91. The average molecular weight is 242 g/mol. The van der Waals surface area contributed by atoms with E-state index in [4.69, 9.17) is 4.74 Å². The Hall–Kier alpha value is -0.610. The molecule has 1 saturated heterocycles. The predicted octanol–water partition coefficient (Wildman–Crippen LogP) is 1.26. The Morgan fingerprint density at radius 1 is 1.18 bits per heavy atom. The molecule has 100 valence electrons. The normalized spacial score (nSPS) is 19.1. The molecule has 0 aliphatic carbocycles.